The molecule has 0 bridgehead atoms. The maximum Gasteiger partial charge on any atom is 0.509 e. The Bertz CT molecular complexity index is 302. The first-order chi connectivity index (χ1) is 7.58. The van der Waals surface area contributed by atoms with Crippen molar-refractivity contribution in [3.63, 3.8) is 0 Å². The van der Waals surface area contributed by atoms with Gasteiger partial charge in [-0.25, -0.2) is 9.59 Å². The Kier molecular flexibility index (Phi) is 4.10. The zero-order valence-electron chi connectivity index (χ0n) is 9.10. The predicted octanol–water partition coefficient (Wildman–Crippen LogP) is 0.179. The summed E-state index contributed by atoms with van der Waals surface area (Å²) in [6, 6.07) is 0. The Labute approximate surface area is 92.2 Å². The third-order valence-electron chi connectivity index (χ3n) is 2.03. The van der Waals surface area contributed by atoms with E-state index in [1.165, 1.54) is 7.11 Å². The van der Waals surface area contributed by atoms with Crippen molar-refractivity contribution in [1.29, 1.82) is 0 Å². The van der Waals surface area contributed by atoms with Gasteiger partial charge in [-0.3, -0.25) is 9.69 Å². The molecule has 1 amide bonds. The molecule has 0 radical (unpaired) electrons. The zero-order valence-corrected chi connectivity index (χ0v) is 9.10. The molecule has 0 N–H and O–H groups in total. The van der Waals surface area contributed by atoms with Gasteiger partial charge < -0.3 is 14.2 Å². The van der Waals surface area contributed by atoms with Crippen molar-refractivity contribution in [2.45, 2.75) is 13.0 Å². The summed E-state index contributed by atoms with van der Waals surface area (Å²) in [5.41, 5.74) is 0. The average molecular weight is 231 g/mol. The maximum atomic E-state index is 11.4. The Morgan fingerprint density at radius 3 is 2.75 bits per heavy atom. The van der Waals surface area contributed by atoms with Crippen molar-refractivity contribution < 1.29 is 28.6 Å². The average Bonchev–Trinajstić information content (AvgIpc) is 2.59. The van der Waals surface area contributed by atoms with Crippen LogP contribution in [0.4, 0.5) is 9.59 Å². The molecule has 1 aliphatic heterocycles. The Hall–Kier alpha value is -1.79. The van der Waals surface area contributed by atoms with E-state index in [0.29, 0.717) is 0 Å². The van der Waals surface area contributed by atoms with Gasteiger partial charge in [0.05, 0.1) is 26.8 Å². The normalized spacial score (nSPS) is 19.5. The van der Waals surface area contributed by atoms with Crippen LogP contribution >= 0.6 is 0 Å². The van der Waals surface area contributed by atoms with Gasteiger partial charge in [0.1, 0.15) is 0 Å². The molecule has 1 heterocycles. The lowest BCUT2D eigenvalue weighted by atomic mass is 10.3. The highest BCUT2D eigenvalue weighted by Gasteiger charge is 2.37. The molecular formula is C9H13NO6. The number of Topliss-reactive ketones (excluding diaryl/α,β-unsaturated/α-hetero) is 1. The van der Waals surface area contributed by atoms with Gasteiger partial charge in [-0.15, -0.1) is 0 Å². The number of ketones is 1. The van der Waals surface area contributed by atoms with Crippen LogP contribution in [0.5, 0.6) is 0 Å². The minimum Gasteiger partial charge on any atom is -0.453 e. The number of likely N-dealkylation sites (tertiary alicyclic amines) is 1. The smallest absolute Gasteiger partial charge is 0.453 e. The van der Waals surface area contributed by atoms with Gasteiger partial charge >= 0.3 is 12.2 Å². The molecule has 16 heavy (non-hydrogen) atoms. The van der Waals surface area contributed by atoms with Crippen LogP contribution in [-0.4, -0.2) is 55.8 Å². The molecule has 1 saturated heterocycles. The highest BCUT2D eigenvalue weighted by molar-refractivity contribution is 5.92. The van der Waals surface area contributed by atoms with Crippen molar-refractivity contribution in [3.05, 3.63) is 0 Å². The number of carbonyl (C=O) groups is 3. The van der Waals surface area contributed by atoms with Crippen LogP contribution in [-0.2, 0) is 19.0 Å². The number of ether oxygens (including phenoxy) is 3. The third kappa shape index (κ3) is 2.85. The van der Waals surface area contributed by atoms with E-state index in [9.17, 15) is 14.4 Å². The number of rotatable bonds is 2. The van der Waals surface area contributed by atoms with E-state index in [-0.39, 0.29) is 25.5 Å². The highest BCUT2D eigenvalue weighted by atomic mass is 16.7. The fourth-order valence-corrected chi connectivity index (χ4v) is 1.30. The molecule has 1 fully saturated rings. The summed E-state index contributed by atoms with van der Waals surface area (Å²) in [4.78, 5) is 34.6. The first kappa shape index (κ1) is 12.3. The summed E-state index contributed by atoms with van der Waals surface area (Å²) >= 11 is 0. The minimum absolute atomic E-state index is 0.00429. The molecule has 0 aromatic heterocycles. The molecule has 1 unspecified atom stereocenters. The topological polar surface area (TPSA) is 82.1 Å². The van der Waals surface area contributed by atoms with Gasteiger partial charge in [0.15, 0.2) is 11.9 Å². The van der Waals surface area contributed by atoms with Gasteiger partial charge in [0.2, 0.25) is 0 Å². The van der Waals surface area contributed by atoms with Crippen LogP contribution in [0.3, 0.4) is 0 Å². The van der Waals surface area contributed by atoms with E-state index >= 15 is 0 Å². The third-order valence-corrected chi connectivity index (χ3v) is 2.03. The van der Waals surface area contributed by atoms with Crippen LogP contribution in [0.2, 0.25) is 0 Å². The zero-order chi connectivity index (χ0) is 12.1. The van der Waals surface area contributed by atoms with E-state index in [1.807, 2.05) is 0 Å². The van der Waals surface area contributed by atoms with Gasteiger partial charge in [0, 0.05) is 0 Å². The Morgan fingerprint density at radius 1 is 1.50 bits per heavy atom. The molecule has 90 valence electrons. The van der Waals surface area contributed by atoms with Crippen molar-refractivity contribution in [2.24, 2.45) is 0 Å². The number of amides is 1. The first-order valence-electron chi connectivity index (χ1n) is 4.77. The van der Waals surface area contributed by atoms with Gasteiger partial charge in [-0.2, -0.15) is 0 Å². The summed E-state index contributed by atoms with van der Waals surface area (Å²) in [5.74, 6) is -0.349. The molecule has 0 aromatic rings. The second-order valence-corrected chi connectivity index (χ2v) is 3.11. The van der Waals surface area contributed by atoms with Crippen molar-refractivity contribution in [1.82, 2.24) is 4.90 Å². The maximum absolute atomic E-state index is 11.4. The Morgan fingerprint density at radius 2 is 2.19 bits per heavy atom. The highest BCUT2D eigenvalue weighted by Crippen LogP contribution is 2.11. The number of hydrogen-bond acceptors (Lipinski definition) is 6. The number of nitrogens with zero attached hydrogens (tertiary/aromatic N) is 1. The van der Waals surface area contributed by atoms with E-state index < -0.39 is 18.4 Å². The summed E-state index contributed by atoms with van der Waals surface area (Å²) < 4.78 is 13.7. The second-order valence-electron chi connectivity index (χ2n) is 3.11. The minimum atomic E-state index is -0.960. The lowest BCUT2D eigenvalue weighted by Gasteiger charge is -2.13. The lowest BCUT2D eigenvalue weighted by molar-refractivity contribution is -0.124. The standard InChI is InChI=1S/C9H13NO6/c1-3-15-9(13)16-7-5-10(4-6(7)11)8(12)14-2/h7H,3-5H2,1-2H3. The van der Waals surface area contributed by atoms with Crippen LogP contribution in [0.25, 0.3) is 0 Å². The summed E-state index contributed by atoms with van der Waals surface area (Å²) in [5, 5.41) is 0. The van der Waals surface area contributed by atoms with Gasteiger partial charge in [0.25, 0.3) is 0 Å². The monoisotopic (exact) mass is 231 g/mol. The molecule has 0 aliphatic carbocycles. The van der Waals surface area contributed by atoms with Crippen LogP contribution in [0.15, 0.2) is 0 Å². The molecule has 7 nitrogen and oxygen atoms in total. The molecule has 0 saturated carbocycles. The van der Waals surface area contributed by atoms with Crippen molar-refractivity contribution in [2.75, 3.05) is 26.8 Å². The molecule has 0 spiro atoms. The summed E-state index contributed by atoms with van der Waals surface area (Å²) in [6.45, 7) is 1.68. The van der Waals surface area contributed by atoms with Crippen LogP contribution < -0.4 is 0 Å². The van der Waals surface area contributed by atoms with E-state index in [4.69, 9.17) is 4.74 Å². The SMILES string of the molecule is CCOC(=O)OC1CN(C(=O)OC)CC1=O. The van der Waals surface area contributed by atoms with E-state index in [2.05, 4.69) is 9.47 Å². The number of methoxy groups -OCH3 is 1. The fourth-order valence-electron chi connectivity index (χ4n) is 1.30. The molecular weight excluding hydrogens is 218 g/mol. The van der Waals surface area contributed by atoms with E-state index in [0.717, 1.165) is 4.90 Å². The summed E-state index contributed by atoms with van der Waals surface area (Å²) in [6.07, 6.45) is -2.49. The van der Waals surface area contributed by atoms with Crippen molar-refractivity contribution in [3.8, 4) is 0 Å². The largest absolute Gasteiger partial charge is 0.509 e. The molecule has 7 heteroatoms. The Balaban J connectivity index is 2.48. The van der Waals surface area contributed by atoms with Crippen molar-refractivity contribution >= 4 is 18.0 Å². The second kappa shape index (κ2) is 5.34. The van der Waals surface area contributed by atoms with Gasteiger partial charge in [-0.05, 0) is 6.92 Å². The van der Waals surface area contributed by atoms with Gasteiger partial charge in [-0.1, -0.05) is 0 Å². The van der Waals surface area contributed by atoms with Crippen LogP contribution in [0, 0.1) is 0 Å². The first-order valence-corrected chi connectivity index (χ1v) is 4.77. The quantitative estimate of drug-likeness (QED) is 0.630. The fraction of sp³-hybridized carbons (Fsp3) is 0.667. The number of hydrogen-bond donors (Lipinski definition) is 0. The summed E-state index contributed by atoms with van der Waals surface area (Å²) in [7, 11) is 1.21. The number of carbonyl (C=O) groups excluding carboxylic acids is 3. The van der Waals surface area contributed by atoms with Crippen LogP contribution in [0.1, 0.15) is 6.92 Å². The molecule has 1 aliphatic rings. The molecule has 0 aromatic carbocycles. The lowest BCUT2D eigenvalue weighted by Crippen LogP contribution is -2.30. The van der Waals surface area contributed by atoms with E-state index in [1.54, 1.807) is 6.92 Å². The molecule has 1 rings (SSSR count). The predicted molar refractivity (Wildman–Crippen MR) is 50.9 cm³/mol. The molecule has 1 atom stereocenters.